The molecule has 0 bridgehead atoms. The number of ether oxygens (including phenoxy) is 1. The predicted octanol–water partition coefficient (Wildman–Crippen LogP) is 1.43. The number of H-pyrrole nitrogens is 1. The first-order valence-corrected chi connectivity index (χ1v) is 9.05. The SMILES string of the molecule is Cc1c(C#N)sc2nc(C(=O)NCc3ccc4c(c3)NC(=O)CO4)[nH]c(=O)c12. The van der Waals surface area contributed by atoms with E-state index in [2.05, 4.69) is 20.6 Å². The van der Waals surface area contributed by atoms with Crippen LogP contribution in [0, 0.1) is 18.3 Å². The Kier molecular flexibility index (Phi) is 4.29. The molecule has 0 unspecified atom stereocenters. The Morgan fingerprint density at radius 2 is 2.25 bits per heavy atom. The van der Waals surface area contributed by atoms with Gasteiger partial charge in [-0.15, -0.1) is 11.3 Å². The van der Waals surface area contributed by atoms with E-state index in [9.17, 15) is 14.4 Å². The maximum absolute atomic E-state index is 12.4. The molecular formula is C18H13N5O4S. The molecule has 10 heteroatoms. The molecule has 1 aromatic carbocycles. The highest BCUT2D eigenvalue weighted by atomic mass is 32.1. The van der Waals surface area contributed by atoms with E-state index in [1.165, 1.54) is 0 Å². The number of anilines is 1. The number of fused-ring (bicyclic) bond motifs is 2. The van der Waals surface area contributed by atoms with Crippen LogP contribution in [0.25, 0.3) is 10.2 Å². The van der Waals surface area contributed by atoms with Gasteiger partial charge in [-0.25, -0.2) is 4.98 Å². The fraction of sp³-hybridized carbons (Fsp3) is 0.167. The molecule has 1 aliphatic heterocycles. The highest BCUT2D eigenvalue weighted by Crippen LogP contribution is 2.28. The van der Waals surface area contributed by atoms with Gasteiger partial charge in [0.2, 0.25) is 5.82 Å². The highest BCUT2D eigenvalue weighted by Gasteiger charge is 2.18. The zero-order chi connectivity index (χ0) is 19.8. The summed E-state index contributed by atoms with van der Waals surface area (Å²) < 4.78 is 5.29. The number of nitrogens with one attached hydrogen (secondary N) is 3. The Morgan fingerprint density at radius 1 is 1.43 bits per heavy atom. The third kappa shape index (κ3) is 3.08. The summed E-state index contributed by atoms with van der Waals surface area (Å²) in [5.41, 5.74) is 1.37. The number of aryl methyl sites for hydroxylation is 1. The molecule has 3 N–H and O–H groups in total. The van der Waals surface area contributed by atoms with E-state index in [1.807, 2.05) is 6.07 Å². The van der Waals surface area contributed by atoms with Crippen molar-refractivity contribution in [3.8, 4) is 11.8 Å². The molecule has 3 heterocycles. The Balaban J connectivity index is 1.54. The van der Waals surface area contributed by atoms with Crippen LogP contribution in [-0.4, -0.2) is 28.4 Å². The topological polar surface area (TPSA) is 137 Å². The molecule has 1 aliphatic rings. The smallest absolute Gasteiger partial charge is 0.287 e. The number of thiophene rings is 1. The molecule has 4 rings (SSSR count). The highest BCUT2D eigenvalue weighted by molar-refractivity contribution is 7.19. The summed E-state index contributed by atoms with van der Waals surface area (Å²) in [6.07, 6.45) is 0. The number of nitriles is 1. The number of rotatable bonds is 3. The molecule has 2 amide bonds. The second kappa shape index (κ2) is 6.79. The van der Waals surface area contributed by atoms with Crippen molar-refractivity contribution in [2.24, 2.45) is 0 Å². The molecular weight excluding hydrogens is 382 g/mol. The van der Waals surface area contributed by atoms with Crippen molar-refractivity contribution in [2.75, 3.05) is 11.9 Å². The lowest BCUT2D eigenvalue weighted by atomic mass is 10.1. The van der Waals surface area contributed by atoms with E-state index in [0.717, 1.165) is 16.9 Å². The van der Waals surface area contributed by atoms with Crippen molar-refractivity contribution in [2.45, 2.75) is 13.5 Å². The monoisotopic (exact) mass is 395 g/mol. The van der Waals surface area contributed by atoms with E-state index in [1.54, 1.807) is 25.1 Å². The summed E-state index contributed by atoms with van der Waals surface area (Å²) in [4.78, 5) is 43.5. The van der Waals surface area contributed by atoms with Crippen LogP contribution in [0.1, 0.15) is 26.6 Å². The van der Waals surface area contributed by atoms with Crippen LogP contribution in [-0.2, 0) is 11.3 Å². The van der Waals surface area contributed by atoms with Gasteiger partial charge in [0.1, 0.15) is 21.5 Å². The average molecular weight is 395 g/mol. The third-order valence-electron chi connectivity index (χ3n) is 4.25. The average Bonchev–Trinajstić information content (AvgIpc) is 3.01. The number of hydrogen-bond donors (Lipinski definition) is 3. The Hall–Kier alpha value is -3.71. The van der Waals surface area contributed by atoms with Crippen LogP contribution in [0.4, 0.5) is 5.69 Å². The summed E-state index contributed by atoms with van der Waals surface area (Å²) >= 11 is 1.07. The number of nitrogens with zero attached hydrogens (tertiary/aromatic N) is 2. The van der Waals surface area contributed by atoms with Crippen molar-refractivity contribution in [3.63, 3.8) is 0 Å². The largest absolute Gasteiger partial charge is 0.482 e. The van der Waals surface area contributed by atoms with Crippen molar-refractivity contribution in [3.05, 3.63) is 50.4 Å². The van der Waals surface area contributed by atoms with E-state index >= 15 is 0 Å². The molecule has 28 heavy (non-hydrogen) atoms. The van der Waals surface area contributed by atoms with Gasteiger partial charge in [0.15, 0.2) is 6.61 Å². The standard InChI is InChI=1S/C18H13N5O4S/c1-8-12(5-19)28-18-14(8)16(25)22-15(23-18)17(26)20-6-9-2-3-11-10(4-9)21-13(24)7-27-11/h2-4H,6-7H2,1H3,(H,20,26)(H,21,24)(H,22,23,25). The fourth-order valence-corrected chi connectivity index (χ4v) is 3.84. The Bertz CT molecular complexity index is 1240. The lowest BCUT2D eigenvalue weighted by molar-refractivity contribution is -0.118. The fourth-order valence-electron chi connectivity index (χ4n) is 2.86. The van der Waals surface area contributed by atoms with Crippen molar-refractivity contribution >= 4 is 39.1 Å². The van der Waals surface area contributed by atoms with Gasteiger partial charge in [-0.1, -0.05) is 6.07 Å². The number of benzene rings is 1. The van der Waals surface area contributed by atoms with Crippen LogP contribution in [0.15, 0.2) is 23.0 Å². The second-order valence-electron chi connectivity index (χ2n) is 6.11. The molecule has 0 aliphatic carbocycles. The van der Waals surface area contributed by atoms with E-state index in [4.69, 9.17) is 10.00 Å². The predicted molar refractivity (Wildman–Crippen MR) is 101 cm³/mol. The van der Waals surface area contributed by atoms with Gasteiger partial charge in [0.25, 0.3) is 17.4 Å². The van der Waals surface area contributed by atoms with Crippen LogP contribution < -0.4 is 20.9 Å². The van der Waals surface area contributed by atoms with Gasteiger partial charge in [0.05, 0.1) is 11.1 Å². The molecule has 0 saturated heterocycles. The minimum atomic E-state index is -0.554. The molecule has 0 fully saturated rings. The van der Waals surface area contributed by atoms with Crippen molar-refractivity contribution < 1.29 is 14.3 Å². The second-order valence-corrected chi connectivity index (χ2v) is 7.11. The minimum Gasteiger partial charge on any atom is -0.482 e. The zero-order valence-corrected chi connectivity index (χ0v) is 15.4. The summed E-state index contributed by atoms with van der Waals surface area (Å²) in [5, 5.41) is 14.8. The molecule has 9 nitrogen and oxygen atoms in total. The number of aromatic amines is 1. The van der Waals surface area contributed by atoms with Gasteiger partial charge >= 0.3 is 0 Å². The number of amides is 2. The van der Waals surface area contributed by atoms with Gasteiger partial charge in [-0.3, -0.25) is 14.4 Å². The molecule has 0 atom stereocenters. The number of carbonyl (C=O) groups excluding carboxylic acids is 2. The van der Waals surface area contributed by atoms with E-state index in [-0.39, 0.29) is 24.9 Å². The lowest BCUT2D eigenvalue weighted by Crippen LogP contribution is -2.28. The van der Waals surface area contributed by atoms with Crippen LogP contribution in [0.3, 0.4) is 0 Å². The lowest BCUT2D eigenvalue weighted by Gasteiger charge is -2.18. The molecule has 0 radical (unpaired) electrons. The van der Waals surface area contributed by atoms with Crippen LogP contribution in [0.2, 0.25) is 0 Å². The number of carbonyl (C=O) groups is 2. The maximum Gasteiger partial charge on any atom is 0.287 e. The summed E-state index contributed by atoms with van der Waals surface area (Å²) in [5.74, 6) is -0.362. The van der Waals surface area contributed by atoms with Crippen molar-refractivity contribution in [1.29, 1.82) is 5.26 Å². The van der Waals surface area contributed by atoms with Crippen molar-refractivity contribution in [1.82, 2.24) is 15.3 Å². The normalized spacial score (nSPS) is 12.6. The molecule has 3 aromatic rings. The van der Waals surface area contributed by atoms with E-state index < -0.39 is 11.5 Å². The minimum absolute atomic E-state index is 0.0275. The van der Waals surface area contributed by atoms with E-state index in [0.29, 0.717) is 32.1 Å². The summed E-state index contributed by atoms with van der Waals surface area (Å²) in [6, 6.07) is 7.19. The third-order valence-corrected chi connectivity index (χ3v) is 5.34. The van der Waals surface area contributed by atoms with Gasteiger partial charge in [0, 0.05) is 6.54 Å². The summed E-state index contributed by atoms with van der Waals surface area (Å²) in [7, 11) is 0. The Labute approximate surface area is 162 Å². The maximum atomic E-state index is 12.4. The molecule has 0 spiro atoms. The summed E-state index contributed by atoms with van der Waals surface area (Å²) in [6.45, 7) is 1.81. The van der Waals surface area contributed by atoms with Crippen LogP contribution in [0.5, 0.6) is 5.75 Å². The first kappa shape index (κ1) is 17.7. The van der Waals surface area contributed by atoms with Gasteiger partial charge in [-0.05, 0) is 30.2 Å². The van der Waals surface area contributed by atoms with Crippen LogP contribution >= 0.6 is 11.3 Å². The number of hydrogen-bond acceptors (Lipinski definition) is 7. The number of aromatic nitrogens is 2. The quantitative estimate of drug-likeness (QED) is 0.613. The molecule has 2 aromatic heterocycles. The molecule has 0 saturated carbocycles. The Morgan fingerprint density at radius 3 is 3.04 bits per heavy atom. The molecule has 140 valence electrons. The van der Waals surface area contributed by atoms with Gasteiger partial charge < -0.3 is 20.4 Å². The first-order chi connectivity index (χ1) is 13.5. The first-order valence-electron chi connectivity index (χ1n) is 8.23. The van der Waals surface area contributed by atoms with Gasteiger partial charge in [-0.2, -0.15) is 5.26 Å². The zero-order valence-electron chi connectivity index (χ0n) is 14.6.